The van der Waals surface area contributed by atoms with Gasteiger partial charge in [0.1, 0.15) is 16.5 Å². The van der Waals surface area contributed by atoms with Crippen LogP contribution in [0.25, 0.3) is 0 Å². The Hall–Kier alpha value is -2.89. The number of piperazine rings is 1. The normalized spacial score (nSPS) is 19.4. The van der Waals surface area contributed by atoms with Crippen LogP contribution < -0.4 is 14.2 Å². The molecule has 36 heavy (non-hydrogen) atoms. The lowest BCUT2D eigenvalue weighted by Crippen LogP contribution is -2.51. The molecule has 2 aromatic carbocycles. The molecular weight excluding hydrogens is 489 g/mol. The van der Waals surface area contributed by atoms with E-state index in [1.165, 1.54) is 17.5 Å². The van der Waals surface area contributed by atoms with E-state index < -0.39 is 15.8 Å². The van der Waals surface area contributed by atoms with Crippen molar-refractivity contribution in [2.75, 3.05) is 53.2 Å². The SMILES string of the molecule is COc1ccc(F)cc1S(=O)(=O)N1CCC(C(=O)N2CCN(Cc3ccc4c(c3)OCO4)CC2)CC1. The first-order valence-electron chi connectivity index (χ1n) is 12.1. The van der Waals surface area contributed by atoms with Crippen LogP contribution in [0.2, 0.25) is 0 Å². The Morgan fingerprint density at radius 1 is 1.00 bits per heavy atom. The van der Waals surface area contributed by atoms with Gasteiger partial charge in [-0.15, -0.1) is 0 Å². The summed E-state index contributed by atoms with van der Waals surface area (Å²) in [7, 11) is -2.57. The van der Waals surface area contributed by atoms with Crippen molar-refractivity contribution in [2.45, 2.75) is 24.3 Å². The van der Waals surface area contributed by atoms with Gasteiger partial charge in [0.05, 0.1) is 7.11 Å². The third-order valence-electron chi connectivity index (χ3n) is 7.07. The summed E-state index contributed by atoms with van der Waals surface area (Å²) in [5.41, 5.74) is 1.14. The smallest absolute Gasteiger partial charge is 0.246 e. The molecule has 3 aliphatic heterocycles. The summed E-state index contributed by atoms with van der Waals surface area (Å²) >= 11 is 0. The molecule has 2 fully saturated rings. The van der Waals surface area contributed by atoms with E-state index >= 15 is 0 Å². The van der Waals surface area contributed by atoms with E-state index in [0.29, 0.717) is 25.9 Å². The van der Waals surface area contributed by atoms with Crippen LogP contribution in [0.3, 0.4) is 0 Å². The number of hydrogen-bond donors (Lipinski definition) is 0. The summed E-state index contributed by atoms with van der Waals surface area (Å²) in [4.78, 5) is 17.2. The lowest BCUT2D eigenvalue weighted by Gasteiger charge is -2.38. The third kappa shape index (κ3) is 5.00. The standard InChI is InChI=1S/C25H30FN3O6S/c1-33-22-5-3-20(26)15-24(22)36(31,32)29-8-6-19(7-9-29)25(30)28-12-10-27(11-13-28)16-18-2-4-21-23(14-18)35-17-34-21/h2-5,14-15,19H,6-13,16-17H2,1H3. The van der Waals surface area contributed by atoms with Gasteiger partial charge >= 0.3 is 0 Å². The molecule has 3 aliphatic rings. The number of methoxy groups -OCH3 is 1. The van der Waals surface area contributed by atoms with Gasteiger partial charge in [0.15, 0.2) is 11.5 Å². The Balaban J connectivity index is 1.13. The largest absolute Gasteiger partial charge is 0.495 e. The zero-order chi connectivity index (χ0) is 25.3. The second-order valence-corrected chi connectivity index (χ2v) is 11.2. The summed E-state index contributed by atoms with van der Waals surface area (Å²) in [5, 5.41) is 0. The van der Waals surface area contributed by atoms with Crippen LogP contribution in [0.5, 0.6) is 17.2 Å². The van der Waals surface area contributed by atoms with Gasteiger partial charge in [-0.3, -0.25) is 9.69 Å². The second kappa shape index (κ2) is 10.2. The monoisotopic (exact) mass is 519 g/mol. The lowest BCUT2D eigenvalue weighted by atomic mass is 9.96. The number of halogens is 1. The van der Waals surface area contributed by atoms with Crippen molar-refractivity contribution in [1.29, 1.82) is 0 Å². The van der Waals surface area contributed by atoms with Gasteiger partial charge in [-0.05, 0) is 48.7 Å². The van der Waals surface area contributed by atoms with Crippen LogP contribution in [0, 0.1) is 11.7 Å². The molecule has 0 aliphatic carbocycles. The Morgan fingerprint density at radius 3 is 2.44 bits per heavy atom. The third-order valence-corrected chi connectivity index (χ3v) is 8.99. The maximum absolute atomic E-state index is 13.8. The molecule has 11 heteroatoms. The van der Waals surface area contributed by atoms with Crippen LogP contribution in [0.15, 0.2) is 41.3 Å². The predicted molar refractivity (Wildman–Crippen MR) is 129 cm³/mol. The average molecular weight is 520 g/mol. The Kier molecular flexibility index (Phi) is 7.05. The molecule has 0 aromatic heterocycles. The average Bonchev–Trinajstić information content (AvgIpc) is 3.37. The van der Waals surface area contributed by atoms with Gasteiger partial charge in [0.2, 0.25) is 22.7 Å². The molecule has 5 rings (SSSR count). The van der Waals surface area contributed by atoms with E-state index in [-0.39, 0.29) is 42.4 Å². The highest BCUT2D eigenvalue weighted by Gasteiger charge is 2.36. The Morgan fingerprint density at radius 2 is 1.72 bits per heavy atom. The quantitative estimate of drug-likeness (QED) is 0.579. The lowest BCUT2D eigenvalue weighted by molar-refractivity contribution is -0.138. The molecule has 0 N–H and O–H groups in total. The molecule has 0 radical (unpaired) electrons. The van der Waals surface area contributed by atoms with Crippen LogP contribution in [0.1, 0.15) is 18.4 Å². The van der Waals surface area contributed by atoms with E-state index in [1.54, 1.807) is 0 Å². The van der Waals surface area contributed by atoms with Gasteiger partial charge in [0.25, 0.3) is 0 Å². The number of rotatable bonds is 6. The molecule has 0 saturated carbocycles. The number of sulfonamides is 1. The number of carbonyl (C=O) groups excluding carboxylic acids is 1. The first-order valence-corrected chi connectivity index (χ1v) is 13.5. The maximum Gasteiger partial charge on any atom is 0.246 e. The van der Waals surface area contributed by atoms with E-state index in [4.69, 9.17) is 14.2 Å². The molecule has 0 spiro atoms. The van der Waals surface area contributed by atoms with Gasteiger partial charge in [0, 0.05) is 51.7 Å². The number of fused-ring (bicyclic) bond motifs is 1. The number of nitrogens with zero attached hydrogens (tertiary/aromatic N) is 3. The molecule has 0 bridgehead atoms. The number of ether oxygens (including phenoxy) is 3. The first-order chi connectivity index (χ1) is 17.3. The van der Waals surface area contributed by atoms with Crippen molar-refractivity contribution in [1.82, 2.24) is 14.1 Å². The van der Waals surface area contributed by atoms with Crippen LogP contribution in [-0.4, -0.2) is 81.6 Å². The van der Waals surface area contributed by atoms with Crippen molar-refractivity contribution in [3.05, 3.63) is 47.8 Å². The van der Waals surface area contributed by atoms with Crippen LogP contribution in [-0.2, 0) is 21.4 Å². The summed E-state index contributed by atoms with van der Waals surface area (Å²) in [5.74, 6) is 0.864. The van der Waals surface area contributed by atoms with Gasteiger partial charge < -0.3 is 19.1 Å². The number of piperidine rings is 1. The molecule has 9 nitrogen and oxygen atoms in total. The summed E-state index contributed by atoms with van der Waals surface area (Å²) in [6.45, 7) is 4.27. The fourth-order valence-corrected chi connectivity index (χ4v) is 6.65. The molecule has 3 heterocycles. The molecule has 0 unspecified atom stereocenters. The van der Waals surface area contributed by atoms with E-state index in [2.05, 4.69) is 4.90 Å². The van der Waals surface area contributed by atoms with Crippen molar-refractivity contribution in [3.8, 4) is 17.2 Å². The highest BCUT2D eigenvalue weighted by Crippen LogP contribution is 2.33. The summed E-state index contributed by atoms with van der Waals surface area (Å²) in [6, 6.07) is 9.42. The molecule has 2 aromatic rings. The minimum absolute atomic E-state index is 0.0816. The number of carbonyl (C=O) groups is 1. The minimum atomic E-state index is -3.92. The summed E-state index contributed by atoms with van der Waals surface area (Å²) < 4.78 is 57.2. The Bertz CT molecular complexity index is 1220. The first kappa shape index (κ1) is 24.8. The van der Waals surface area contributed by atoms with Crippen molar-refractivity contribution >= 4 is 15.9 Å². The predicted octanol–water partition coefficient (Wildman–Crippen LogP) is 2.31. The highest BCUT2D eigenvalue weighted by atomic mass is 32.2. The molecule has 194 valence electrons. The minimum Gasteiger partial charge on any atom is -0.495 e. The van der Waals surface area contributed by atoms with Crippen LogP contribution in [0.4, 0.5) is 4.39 Å². The number of benzene rings is 2. The molecule has 1 amide bonds. The zero-order valence-corrected chi connectivity index (χ0v) is 21.0. The second-order valence-electron chi connectivity index (χ2n) is 9.26. The fraction of sp³-hybridized carbons (Fsp3) is 0.480. The molecule has 2 saturated heterocycles. The van der Waals surface area contributed by atoms with E-state index in [0.717, 1.165) is 48.8 Å². The number of hydrogen-bond acceptors (Lipinski definition) is 7. The van der Waals surface area contributed by atoms with Crippen molar-refractivity contribution in [3.63, 3.8) is 0 Å². The topological polar surface area (TPSA) is 88.6 Å². The summed E-state index contributed by atoms with van der Waals surface area (Å²) in [6.07, 6.45) is 0.875. The van der Waals surface area contributed by atoms with Crippen molar-refractivity contribution < 1.29 is 31.8 Å². The molecular formula is C25H30FN3O6S. The fourth-order valence-electron chi connectivity index (χ4n) is 5.02. The Labute approximate surface area is 210 Å². The van der Waals surface area contributed by atoms with Gasteiger partial charge in [-0.25, -0.2) is 12.8 Å². The van der Waals surface area contributed by atoms with Gasteiger partial charge in [-0.2, -0.15) is 4.31 Å². The zero-order valence-electron chi connectivity index (χ0n) is 20.2. The van der Waals surface area contributed by atoms with E-state index in [9.17, 15) is 17.6 Å². The highest BCUT2D eigenvalue weighted by molar-refractivity contribution is 7.89. The van der Waals surface area contributed by atoms with Crippen molar-refractivity contribution in [2.24, 2.45) is 5.92 Å². The van der Waals surface area contributed by atoms with Gasteiger partial charge in [-0.1, -0.05) is 6.07 Å². The number of amides is 1. The molecule has 0 atom stereocenters. The maximum atomic E-state index is 13.8. The van der Waals surface area contributed by atoms with E-state index in [1.807, 2.05) is 23.1 Å². The van der Waals surface area contributed by atoms with Crippen LogP contribution >= 0.6 is 0 Å².